The summed E-state index contributed by atoms with van der Waals surface area (Å²) in [5, 5.41) is 1.45. The predicted octanol–water partition coefficient (Wildman–Crippen LogP) is 1.78. The number of nitrogen functional groups attached to an aromatic ring is 2. The zero-order valence-corrected chi connectivity index (χ0v) is 10.4. The Morgan fingerprint density at radius 2 is 2.06 bits per heavy atom. The molecular weight excluding hydrogens is 244 g/mol. The third-order valence-corrected chi connectivity index (χ3v) is 3.97. The molecule has 0 unspecified atom stereocenters. The molecule has 0 saturated heterocycles. The lowest BCUT2D eigenvalue weighted by Gasteiger charge is -2.00. The monoisotopic (exact) mass is 254 g/mol. The van der Waals surface area contributed by atoms with Gasteiger partial charge in [-0.05, 0) is 6.26 Å². The van der Waals surface area contributed by atoms with Crippen molar-refractivity contribution in [3.05, 3.63) is 4.88 Å². The summed E-state index contributed by atoms with van der Waals surface area (Å²) < 4.78 is 0. The van der Waals surface area contributed by atoms with Gasteiger partial charge in [0.1, 0.15) is 9.86 Å². The first-order chi connectivity index (χ1) is 7.54. The molecule has 84 valence electrons. The molecule has 0 amide bonds. The molecule has 0 aliphatic rings. The average Bonchev–Trinajstić information content (AvgIpc) is 2.55. The summed E-state index contributed by atoms with van der Waals surface area (Å²) in [5.41, 5.74) is 12.0. The number of hydrogen-bond acceptors (Lipinski definition) is 7. The standard InChI is InChI=1S/C9H10N4OS2/c1-3(14)6-5(10)4-7(15-2)12-9(11)13-8(4)16-6/h10H2,1-2H3,(H2,11,12,13). The highest BCUT2D eigenvalue weighted by molar-refractivity contribution is 7.98. The van der Waals surface area contributed by atoms with Crippen LogP contribution >= 0.6 is 23.1 Å². The zero-order chi connectivity index (χ0) is 11.9. The van der Waals surface area contributed by atoms with Gasteiger partial charge in [-0.25, -0.2) is 9.97 Å². The molecule has 0 saturated carbocycles. The van der Waals surface area contributed by atoms with E-state index < -0.39 is 0 Å². The third kappa shape index (κ3) is 1.61. The molecule has 0 spiro atoms. The van der Waals surface area contributed by atoms with Gasteiger partial charge >= 0.3 is 0 Å². The van der Waals surface area contributed by atoms with Crippen LogP contribution in [0.25, 0.3) is 10.2 Å². The summed E-state index contributed by atoms with van der Waals surface area (Å²) in [7, 11) is 0. The van der Waals surface area contributed by atoms with E-state index in [-0.39, 0.29) is 11.7 Å². The van der Waals surface area contributed by atoms with Crippen molar-refractivity contribution in [3.63, 3.8) is 0 Å². The fraction of sp³-hybridized carbons (Fsp3) is 0.222. The van der Waals surface area contributed by atoms with Crippen molar-refractivity contribution in [2.75, 3.05) is 17.7 Å². The summed E-state index contributed by atoms with van der Waals surface area (Å²) in [4.78, 5) is 20.7. The van der Waals surface area contributed by atoms with Crippen molar-refractivity contribution in [1.29, 1.82) is 0 Å². The van der Waals surface area contributed by atoms with Crippen LogP contribution in [0.1, 0.15) is 16.6 Å². The molecule has 0 aliphatic carbocycles. The van der Waals surface area contributed by atoms with Gasteiger partial charge in [0, 0.05) is 6.92 Å². The lowest BCUT2D eigenvalue weighted by molar-refractivity contribution is 0.102. The van der Waals surface area contributed by atoms with E-state index in [1.807, 2.05) is 6.26 Å². The van der Waals surface area contributed by atoms with Gasteiger partial charge in [-0.15, -0.1) is 23.1 Å². The van der Waals surface area contributed by atoms with Crippen LogP contribution in [-0.4, -0.2) is 22.0 Å². The molecule has 0 atom stereocenters. The quantitative estimate of drug-likeness (QED) is 0.482. The highest BCUT2D eigenvalue weighted by Crippen LogP contribution is 2.37. The van der Waals surface area contributed by atoms with E-state index in [2.05, 4.69) is 9.97 Å². The number of nitrogens with zero attached hydrogens (tertiary/aromatic N) is 2. The SMILES string of the molecule is CSc1nc(N)nc2sc(C(C)=O)c(N)c12. The highest BCUT2D eigenvalue weighted by Gasteiger charge is 2.18. The van der Waals surface area contributed by atoms with Crippen LogP contribution in [0.3, 0.4) is 0 Å². The number of ketones is 1. The molecule has 16 heavy (non-hydrogen) atoms. The maximum Gasteiger partial charge on any atom is 0.222 e. The number of hydrogen-bond donors (Lipinski definition) is 2. The first-order valence-corrected chi connectivity index (χ1v) is 6.49. The minimum absolute atomic E-state index is 0.0638. The second kappa shape index (κ2) is 3.91. The number of thiophene rings is 1. The van der Waals surface area contributed by atoms with E-state index in [4.69, 9.17) is 11.5 Å². The molecule has 0 aliphatic heterocycles. The van der Waals surface area contributed by atoms with Crippen molar-refractivity contribution < 1.29 is 4.79 Å². The van der Waals surface area contributed by atoms with Crippen LogP contribution in [-0.2, 0) is 0 Å². The van der Waals surface area contributed by atoms with Gasteiger partial charge in [0.25, 0.3) is 0 Å². The number of Topliss-reactive ketones (excluding diaryl/α,β-unsaturated/α-hetero) is 1. The molecule has 4 N–H and O–H groups in total. The second-order valence-corrected chi connectivity index (χ2v) is 4.97. The number of nitrogens with two attached hydrogens (primary N) is 2. The maximum atomic E-state index is 11.4. The van der Waals surface area contributed by atoms with E-state index in [1.165, 1.54) is 30.0 Å². The van der Waals surface area contributed by atoms with Crippen LogP contribution < -0.4 is 11.5 Å². The Morgan fingerprint density at radius 3 is 2.62 bits per heavy atom. The fourth-order valence-electron chi connectivity index (χ4n) is 1.42. The van der Waals surface area contributed by atoms with E-state index >= 15 is 0 Å². The molecule has 0 aromatic carbocycles. The first-order valence-electron chi connectivity index (χ1n) is 4.45. The van der Waals surface area contributed by atoms with Gasteiger partial charge in [0.2, 0.25) is 5.95 Å². The van der Waals surface area contributed by atoms with E-state index in [1.54, 1.807) is 0 Å². The number of aromatic nitrogens is 2. The molecule has 0 bridgehead atoms. The Labute approximate surface area is 100 Å². The first kappa shape index (κ1) is 11.2. The summed E-state index contributed by atoms with van der Waals surface area (Å²) >= 11 is 2.69. The number of carbonyl (C=O) groups excluding carboxylic acids is 1. The van der Waals surface area contributed by atoms with Gasteiger partial charge in [0.15, 0.2) is 5.78 Å². The largest absolute Gasteiger partial charge is 0.397 e. The number of anilines is 2. The Kier molecular flexibility index (Phi) is 2.73. The van der Waals surface area contributed by atoms with Gasteiger partial charge < -0.3 is 11.5 Å². The smallest absolute Gasteiger partial charge is 0.222 e. The minimum atomic E-state index is -0.0638. The average molecular weight is 254 g/mol. The Balaban J connectivity index is 2.85. The molecule has 2 aromatic rings. The summed E-state index contributed by atoms with van der Waals surface area (Å²) in [5.74, 6) is 0.138. The van der Waals surface area contributed by atoms with Crippen LogP contribution in [0.5, 0.6) is 0 Å². The highest BCUT2D eigenvalue weighted by atomic mass is 32.2. The molecule has 7 heteroatoms. The number of thioether (sulfide) groups is 1. The lowest BCUT2D eigenvalue weighted by atomic mass is 10.2. The van der Waals surface area contributed by atoms with Crippen molar-refractivity contribution in [1.82, 2.24) is 9.97 Å². The molecule has 0 radical (unpaired) electrons. The minimum Gasteiger partial charge on any atom is -0.397 e. The molecule has 0 fully saturated rings. The van der Waals surface area contributed by atoms with Crippen LogP contribution in [0.15, 0.2) is 5.03 Å². The van der Waals surface area contributed by atoms with Gasteiger partial charge in [0.05, 0.1) is 16.0 Å². The molecule has 2 aromatic heterocycles. The summed E-state index contributed by atoms with van der Waals surface area (Å²) in [6.07, 6.45) is 1.88. The summed E-state index contributed by atoms with van der Waals surface area (Å²) in [6, 6.07) is 0. The van der Waals surface area contributed by atoms with Crippen molar-refractivity contribution >= 4 is 50.7 Å². The predicted molar refractivity (Wildman–Crippen MR) is 68.0 cm³/mol. The number of carbonyl (C=O) groups is 1. The van der Waals surface area contributed by atoms with E-state index in [9.17, 15) is 4.79 Å². The Morgan fingerprint density at radius 1 is 1.38 bits per heavy atom. The molecule has 2 heterocycles. The van der Waals surface area contributed by atoms with E-state index in [0.717, 1.165) is 5.39 Å². The second-order valence-electron chi connectivity index (χ2n) is 3.17. The van der Waals surface area contributed by atoms with Crippen LogP contribution in [0.4, 0.5) is 11.6 Å². The Hall–Kier alpha value is -1.34. The molecular formula is C9H10N4OS2. The van der Waals surface area contributed by atoms with Crippen molar-refractivity contribution in [3.8, 4) is 0 Å². The van der Waals surface area contributed by atoms with Crippen molar-refractivity contribution in [2.45, 2.75) is 11.9 Å². The van der Waals surface area contributed by atoms with Gasteiger partial charge in [-0.2, -0.15) is 0 Å². The maximum absolute atomic E-state index is 11.4. The van der Waals surface area contributed by atoms with Crippen LogP contribution in [0, 0.1) is 0 Å². The fourth-order valence-corrected chi connectivity index (χ4v) is 3.07. The van der Waals surface area contributed by atoms with Crippen molar-refractivity contribution in [2.24, 2.45) is 0 Å². The molecule has 5 nitrogen and oxygen atoms in total. The molecule has 2 rings (SSSR count). The van der Waals surface area contributed by atoms with Crippen LogP contribution in [0.2, 0.25) is 0 Å². The summed E-state index contributed by atoms with van der Waals surface area (Å²) in [6.45, 7) is 1.48. The lowest BCUT2D eigenvalue weighted by Crippen LogP contribution is -1.97. The Bertz CT molecular complexity index is 578. The van der Waals surface area contributed by atoms with Gasteiger partial charge in [-0.1, -0.05) is 0 Å². The normalized spacial score (nSPS) is 10.9. The zero-order valence-electron chi connectivity index (χ0n) is 8.77. The topological polar surface area (TPSA) is 94.9 Å². The number of fused-ring (bicyclic) bond motifs is 1. The van der Waals surface area contributed by atoms with Gasteiger partial charge in [-0.3, -0.25) is 4.79 Å². The van der Waals surface area contributed by atoms with E-state index in [0.29, 0.717) is 20.4 Å². The third-order valence-electron chi connectivity index (χ3n) is 2.09. The number of rotatable bonds is 2.